The number of carbonyl (C=O) groups is 1. The lowest BCUT2D eigenvalue weighted by Gasteiger charge is -2.24. The lowest BCUT2D eigenvalue weighted by atomic mass is 10.1. The maximum absolute atomic E-state index is 11.8. The fourth-order valence-corrected chi connectivity index (χ4v) is 2.83. The Hall–Kier alpha value is -2.34. The van der Waals surface area contributed by atoms with Crippen LogP contribution in [-0.2, 0) is 22.4 Å². The Bertz CT molecular complexity index is 719. The van der Waals surface area contributed by atoms with Crippen molar-refractivity contribution in [3.8, 4) is 0 Å². The average Bonchev–Trinajstić information content (AvgIpc) is 2.95. The summed E-state index contributed by atoms with van der Waals surface area (Å²) < 4.78 is 13.0. The van der Waals surface area contributed by atoms with Gasteiger partial charge in [-0.1, -0.05) is 30.3 Å². The highest BCUT2D eigenvalue weighted by atomic mass is 16.6. The van der Waals surface area contributed by atoms with E-state index < -0.39 is 11.7 Å². The third-order valence-corrected chi connectivity index (χ3v) is 3.88. The number of rotatable bonds is 4. The zero-order valence-electron chi connectivity index (χ0n) is 15.0. The van der Waals surface area contributed by atoms with Gasteiger partial charge in [0.2, 0.25) is 0 Å². The zero-order chi connectivity index (χ0) is 17.9. The average molecular weight is 343 g/mol. The molecule has 1 amide bonds. The summed E-state index contributed by atoms with van der Waals surface area (Å²) in [6.07, 6.45) is 2.23. The number of nitrogens with zero attached hydrogens (tertiary/aromatic N) is 2. The van der Waals surface area contributed by atoms with Crippen molar-refractivity contribution >= 4 is 6.09 Å². The highest BCUT2D eigenvalue weighted by Crippen LogP contribution is 2.25. The molecule has 0 aliphatic carbocycles. The van der Waals surface area contributed by atoms with Crippen LogP contribution >= 0.6 is 0 Å². The van der Waals surface area contributed by atoms with E-state index >= 15 is 0 Å². The van der Waals surface area contributed by atoms with Crippen molar-refractivity contribution in [3.63, 3.8) is 0 Å². The second-order valence-electron chi connectivity index (χ2n) is 7.21. The molecule has 0 unspecified atom stereocenters. The predicted molar refractivity (Wildman–Crippen MR) is 94.4 cm³/mol. The van der Waals surface area contributed by atoms with E-state index in [1.54, 1.807) is 0 Å². The molecule has 0 fully saturated rings. The molecule has 1 aromatic carbocycles. The molecule has 1 N–H and O–H groups in total. The molecule has 0 spiro atoms. The molecule has 1 aliphatic heterocycles. The summed E-state index contributed by atoms with van der Waals surface area (Å²) in [4.78, 5) is 11.8. The molecule has 0 saturated carbocycles. The van der Waals surface area contributed by atoms with Gasteiger partial charge < -0.3 is 14.8 Å². The van der Waals surface area contributed by atoms with Gasteiger partial charge in [-0.25, -0.2) is 4.79 Å². The van der Waals surface area contributed by atoms with Crippen molar-refractivity contribution in [2.24, 2.45) is 0 Å². The topological polar surface area (TPSA) is 65.4 Å². The van der Waals surface area contributed by atoms with Gasteiger partial charge in [0.1, 0.15) is 11.7 Å². The third kappa shape index (κ3) is 4.82. The highest BCUT2D eigenvalue weighted by Gasteiger charge is 2.26. The molecule has 3 rings (SSSR count). The smallest absolute Gasteiger partial charge is 0.407 e. The summed E-state index contributed by atoms with van der Waals surface area (Å²) in [5.41, 5.74) is 2.77. The first-order chi connectivity index (χ1) is 11.9. The number of ether oxygens (including phenoxy) is 2. The fourth-order valence-electron chi connectivity index (χ4n) is 2.83. The maximum Gasteiger partial charge on any atom is 0.407 e. The summed E-state index contributed by atoms with van der Waals surface area (Å²) in [7, 11) is 0. The summed E-state index contributed by atoms with van der Waals surface area (Å²) in [6.45, 7) is 7.22. The van der Waals surface area contributed by atoms with Crippen LogP contribution in [0.4, 0.5) is 4.79 Å². The maximum atomic E-state index is 11.8. The Morgan fingerprint density at radius 3 is 2.84 bits per heavy atom. The van der Waals surface area contributed by atoms with Crippen LogP contribution in [0.15, 0.2) is 36.5 Å². The Morgan fingerprint density at radius 2 is 2.12 bits per heavy atom. The van der Waals surface area contributed by atoms with Crippen LogP contribution in [0, 0.1) is 0 Å². The van der Waals surface area contributed by atoms with Crippen LogP contribution < -0.4 is 5.32 Å². The number of hydrogen-bond donors (Lipinski definition) is 1. The molecule has 25 heavy (non-hydrogen) atoms. The molecule has 0 bridgehead atoms. The van der Waals surface area contributed by atoms with Crippen LogP contribution in [0.1, 0.15) is 43.7 Å². The minimum absolute atomic E-state index is 0.242. The van der Waals surface area contributed by atoms with E-state index in [0.717, 1.165) is 18.7 Å². The first-order valence-electron chi connectivity index (χ1n) is 8.59. The van der Waals surface area contributed by atoms with Crippen molar-refractivity contribution in [2.45, 2.75) is 45.4 Å². The standard InChI is InChI=1S/C19H25N3O3/c1-19(2,3)25-18(23)20-11-16-17-15(9-10-24-16)13-22(21-17)12-14-7-5-4-6-8-14/h4-8,13,16H,9-12H2,1-3H3,(H,20,23)/t16-/m0/s1. The van der Waals surface area contributed by atoms with E-state index in [4.69, 9.17) is 9.47 Å². The number of amides is 1. The monoisotopic (exact) mass is 343 g/mol. The molecule has 0 radical (unpaired) electrons. The van der Waals surface area contributed by atoms with Crippen molar-refractivity contribution < 1.29 is 14.3 Å². The van der Waals surface area contributed by atoms with Crippen LogP contribution in [0.5, 0.6) is 0 Å². The van der Waals surface area contributed by atoms with Gasteiger partial charge in [-0.3, -0.25) is 4.68 Å². The molecular formula is C19H25N3O3. The van der Waals surface area contributed by atoms with Crippen molar-refractivity contribution in [3.05, 3.63) is 53.3 Å². The van der Waals surface area contributed by atoms with Gasteiger partial charge in [-0.15, -0.1) is 0 Å². The van der Waals surface area contributed by atoms with E-state index in [9.17, 15) is 4.79 Å². The van der Waals surface area contributed by atoms with Gasteiger partial charge in [0.15, 0.2) is 0 Å². The second-order valence-corrected chi connectivity index (χ2v) is 7.21. The molecule has 1 atom stereocenters. The summed E-state index contributed by atoms with van der Waals surface area (Å²) in [6, 6.07) is 10.2. The minimum Gasteiger partial charge on any atom is -0.444 e. The number of alkyl carbamates (subject to hydrolysis) is 1. The molecule has 6 nitrogen and oxygen atoms in total. The molecule has 134 valence electrons. The predicted octanol–water partition coefficient (Wildman–Crippen LogP) is 3.07. The Labute approximate surface area is 148 Å². The van der Waals surface area contributed by atoms with Crippen LogP contribution in [0.2, 0.25) is 0 Å². The number of benzene rings is 1. The lowest BCUT2D eigenvalue weighted by Crippen LogP contribution is -2.36. The summed E-state index contributed by atoms with van der Waals surface area (Å²) >= 11 is 0. The van der Waals surface area contributed by atoms with E-state index in [1.807, 2.05) is 43.7 Å². The van der Waals surface area contributed by atoms with Gasteiger partial charge in [0.25, 0.3) is 0 Å². The number of nitrogens with one attached hydrogen (secondary N) is 1. The number of aromatic nitrogens is 2. The largest absolute Gasteiger partial charge is 0.444 e. The van der Waals surface area contributed by atoms with Crippen molar-refractivity contribution in [2.75, 3.05) is 13.2 Å². The van der Waals surface area contributed by atoms with Crippen LogP contribution in [0.25, 0.3) is 0 Å². The molecule has 2 heterocycles. The zero-order valence-corrected chi connectivity index (χ0v) is 15.0. The van der Waals surface area contributed by atoms with E-state index in [0.29, 0.717) is 13.2 Å². The summed E-state index contributed by atoms with van der Waals surface area (Å²) in [5, 5.41) is 7.45. The van der Waals surface area contributed by atoms with Crippen LogP contribution in [-0.4, -0.2) is 34.6 Å². The first-order valence-corrected chi connectivity index (χ1v) is 8.59. The molecule has 6 heteroatoms. The molecule has 2 aromatic rings. The third-order valence-electron chi connectivity index (χ3n) is 3.88. The lowest BCUT2D eigenvalue weighted by molar-refractivity contribution is 0.0270. The highest BCUT2D eigenvalue weighted by molar-refractivity contribution is 5.67. The SMILES string of the molecule is CC(C)(C)OC(=O)NC[C@@H]1OCCc2cn(Cc3ccccc3)nc21. The normalized spacial score (nSPS) is 17.0. The summed E-state index contributed by atoms with van der Waals surface area (Å²) in [5.74, 6) is 0. The van der Waals surface area contributed by atoms with Gasteiger partial charge in [0, 0.05) is 6.20 Å². The Balaban J connectivity index is 1.64. The Kier molecular flexibility index (Phi) is 5.08. The number of carbonyl (C=O) groups excluding carboxylic acids is 1. The molecule has 1 aliphatic rings. The molecule has 0 saturated heterocycles. The molecule has 1 aromatic heterocycles. The van der Waals surface area contributed by atoms with Gasteiger partial charge in [-0.05, 0) is 38.3 Å². The quantitative estimate of drug-likeness (QED) is 0.926. The minimum atomic E-state index is -0.514. The first kappa shape index (κ1) is 17.5. The van der Waals surface area contributed by atoms with E-state index in [1.165, 1.54) is 11.1 Å². The van der Waals surface area contributed by atoms with E-state index in [-0.39, 0.29) is 6.10 Å². The van der Waals surface area contributed by atoms with Crippen LogP contribution in [0.3, 0.4) is 0 Å². The van der Waals surface area contributed by atoms with E-state index in [2.05, 4.69) is 28.7 Å². The Morgan fingerprint density at radius 1 is 1.36 bits per heavy atom. The number of fused-ring (bicyclic) bond motifs is 1. The number of hydrogen-bond acceptors (Lipinski definition) is 4. The van der Waals surface area contributed by atoms with Crippen molar-refractivity contribution in [1.29, 1.82) is 0 Å². The van der Waals surface area contributed by atoms with Gasteiger partial charge >= 0.3 is 6.09 Å². The molecular weight excluding hydrogens is 318 g/mol. The second kappa shape index (κ2) is 7.27. The van der Waals surface area contributed by atoms with Crippen molar-refractivity contribution in [1.82, 2.24) is 15.1 Å². The van der Waals surface area contributed by atoms with Gasteiger partial charge in [0.05, 0.1) is 25.4 Å². The van der Waals surface area contributed by atoms with Gasteiger partial charge in [-0.2, -0.15) is 5.10 Å². The fraction of sp³-hybridized carbons (Fsp3) is 0.474.